The first-order valence-corrected chi connectivity index (χ1v) is 8.98. The molecule has 0 unspecified atom stereocenters. The van der Waals surface area contributed by atoms with E-state index in [0.29, 0.717) is 18.3 Å². The Balaban J connectivity index is 1.47. The van der Waals surface area contributed by atoms with E-state index in [1.54, 1.807) is 0 Å². The van der Waals surface area contributed by atoms with Crippen LogP contribution in [0.3, 0.4) is 0 Å². The lowest BCUT2D eigenvalue weighted by molar-refractivity contribution is -0.123. The van der Waals surface area contributed by atoms with E-state index in [4.69, 9.17) is 16.3 Å². The summed E-state index contributed by atoms with van der Waals surface area (Å²) in [6.45, 7) is 2.88. The zero-order valence-electron chi connectivity index (χ0n) is 14.3. The molecular weight excluding hydrogens is 336 g/mol. The highest BCUT2D eigenvalue weighted by molar-refractivity contribution is 6.31. The average Bonchev–Trinajstić information content (AvgIpc) is 3.43. The molecule has 4 nitrogen and oxygen atoms in total. The van der Waals surface area contributed by atoms with Gasteiger partial charge in [0.2, 0.25) is 0 Å². The van der Waals surface area contributed by atoms with Crippen molar-refractivity contribution in [1.82, 2.24) is 10.6 Å². The van der Waals surface area contributed by atoms with Gasteiger partial charge >= 0.3 is 0 Å². The lowest BCUT2D eigenvalue weighted by Crippen LogP contribution is -2.30. The van der Waals surface area contributed by atoms with Crippen LogP contribution < -0.4 is 15.4 Å². The Kier molecular flexibility index (Phi) is 5.95. The van der Waals surface area contributed by atoms with Gasteiger partial charge in [-0.1, -0.05) is 41.9 Å². The summed E-state index contributed by atoms with van der Waals surface area (Å²) >= 11 is 6.18. The third kappa shape index (κ3) is 5.48. The second-order valence-corrected chi connectivity index (χ2v) is 6.80. The minimum absolute atomic E-state index is 0.0543. The van der Waals surface area contributed by atoms with Gasteiger partial charge < -0.3 is 15.4 Å². The van der Waals surface area contributed by atoms with Crippen molar-refractivity contribution in [2.45, 2.75) is 38.4 Å². The van der Waals surface area contributed by atoms with Crippen molar-refractivity contribution >= 4 is 17.5 Å². The zero-order chi connectivity index (χ0) is 17.6. The van der Waals surface area contributed by atoms with E-state index in [1.807, 2.05) is 48.5 Å². The lowest BCUT2D eigenvalue weighted by atomic mass is 10.1. The first-order valence-electron chi connectivity index (χ1n) is 8.61. The summed E-state index contributed by atoms with van der Waals surface area (Å²) in [5, 5.41) is 7.14. The van der Waals surface area contributed by atoms with Gasteiger partial charge in [0.15, 0.2) is 6.61 Å². The molecule has 1 aliphatic carbocycles. The number of carbonyl (C=O) groups is 1. The largest absolute Gasteiger partial charge is 0.484 e. The fourth-order valence-corrected chi connectivity index (χ4v) is 2.72. The first-order chi connectivity index (χ1) is 12.1. The minimum atomic E-state index is -0.0543. The number of rotatable bonds is 8. The number of benzene rings is 2. The summed E-state index contributed by atoms with van der Waals surface area (Å²) in [5.74, 6) is 0.648. The molecule has 1 amide bonds. The van der Waals surface area contributed by atoms with Gasteiger partial charge in [0.05, 0.1) is 0 Å². The standard InChI is InChI=1S/C20H23ClN2O2/c1-14(22-12-16-4-2-3-5-19(16)21)15-6-10-18(11-7-15)25-13-20(24)23-17-8-9-17/h2-7,10-11,14,17,22H,8-9,12-13H2,1H3,(H,23,24)/t14-/m1/s1. The molecule has 2 N–H and O–H groups in total. The van der Waals surface area contributed by atoms with E-state index in [2.05, 4.69) is 17.6 Å². The molecule has 0 heterocycles. The van der Waals surface area contributed by atoms with Crippen molar-refractivity contribution in [3.05, 3.63) is 64.7 Å². The third-order valence-corrected chi connectivity index (χ3v) is 4.62. The molecule has 1 atom stereocenters. The molecule has 1 aliphatic rings. The van der Waals surface area contributed by atoms with E-state index in [9.17, 15) is 4.79 Å². The third-order valence-electron chi connectivity index (χ3n) is 4.25. The van der Waals surface area contributed by atoms with Crippen LogP contribution in [0.4, 0.5) is 0 Å². The van der Waals surface area contributed by atoms with Gasteiger partial charge in [0, 0.05) is 23.7 Å². The van der Waals surface area contributed by atoms with Crippen LogP contribution in [0.15, 0.2) is 48.5 Å². The highest BCUT2D eigenvalue weighted by Gasteiger charge is 2.23. The van der Waals surface area contributed by atoms with E-state index in [0.717, 1.165) is 29.0 Å². The van der Waals surface area contributed by atoms with Gasteiger partial charge in [-0.05, 0) is 49.1 Å². The predicted octanol–water partition coefficient (Wildman–Crippen LogP) is 3.85. The molecule has 1 fully saturated rings. The van der Waals surface area contributed by atoms with Crippen molar-refractivity contribution in [2.24, 2.45) is 0 Å². The molecule has 2 aromatic carbocycles. The molecule has 0 radical (unpaired) electrons. The quantitative estimate of drug-likeness (QED) is 0.753. The van der Waals surface area contributed by atoms with Gasteiger partial charge in [-0.25, -0.2) is 0 Å². The molecule has 0 aliphatic heterocycles. The van der Waals surface area contributed by atoms with E-state index in [1.165, 1.54) is 0 Å². The van der Waals surface area contributed by atoms with Crippen molar-refractivity contribution in [3.63, 3.8) is 0 Å². The maximum atomic E-state index is 11.6. The van der Waals surface area contributed by atoms with Crippen LogP contribution in [0.2, 0.25) is 5.02 Å². The van der Waals surface area contributed by atoms with Crippen LogP contribution in [-0.2, 0) is 11.3 Å². The van der Waals surface area contributed by atoms with Crippen molar-refractivity contribution in [1.29, 1.82) is 0 Å². The van der Waals surface area contributed by atoms with Gasteiger partial charge in [0.1, 0.15) is 5.75 Å². The number of halogens is 1. The molecule has 0 spiro atoms. The number of amides is 1. The smallest absolute Gasteiger partial charge is 0.258 e. The molecular formula is C20H23ClN2O2. The Hall–Kier alpha value is -2.04. The van der Waals surface area contributed by atoms with E-state index >= 15 is 0 Å². The highest BCUT2D eigenvalue weighted by Crippen LogP contribution is 2.20. The van der Waals surface area contributed by atoms with Crippen molar-refractivity contribution < 1.29 is 9.53 Å². The number of hydrogen-bond donors (Lipinski definition) is 2. The molecule has 5 heteroatoms. The van der Waals surface area contributed by atoms with Gasteiger partial charge in [-0.3, -0.25) is 4.79 Å². The second-order valence-electron chi connectivity index (χ2n) is 6.39. The molecule has 2 aromatic rings. The van der Waals surface area contributed by atoms with Crippen LogP contribution >= 0.6 is 11.6 Å². The summed E-state index contributed by atoms with van der Waals surface area (Å²) in [5.41, 5.74) is 2.24. The first kappa shape index (κ1) is 17.8. The van der Waals surface area contributed by atoms with Crippen molar-refractivity contribution in [3.8, 4) is 5.75 Å². The summed E-state index contributed by atoms with van der Waals surface area (Å²) in [6.07, 6.45) is 2.17. The normalized spacial score (nSPS) is 14.8. The maximum Gasteiger partial charge on any atom is 0.258 e. The topological polar surface area (TPSA) is 50.4 Å². The van der Waals surface area contributed by atoms with Crippen LogP contribution in [0.25, 0.3) is 0 Å². The van der Waals surface area contributed by atoms with Gasteiger partial charge in [-0.2, -0.15) is 0 Å². The van der Waals surface area contributed by atoms with Crippen LogP contribution in [0.5, 0.6) is 5.75 Å². The minimum Gasteiger partial charge on any atom is -0.484 e. The SMILES string of the molecule is C[C@@H](NCc1ccccc1Cl)c1ccc(OCC(=O)NC2CC2)cc1. The summed E-state index contributed by atoms with van der Waals surface area (Å²) in [4.78, 5) is 11.6. The summed E-state index contributed by atoms with van der Waals surface area (Å²) in [7, 11) is 0. The van der Waals surface area contributed by atoms with Crippen LogP contribution in [-0.4, -0.2) is 18.6 Å². The number of nitrogens with one attached hydrogen (secondary N) is 2. The number of ether oxygens (including phenoxy) is 1. The Morgan fingerprint density at radius 2 is 1.92 bits per heavy atom. The molecule has 3 rings (SSSR count). The van der Waals surface area contributed by atoms with Gasteiger partial charge in [0.25, 0.3) is 5.91 Å². The fraction of sp³-hybridized carbons (Fsp3) is 0.350. The highest BCUT2D eigenvalue weighted by atomic mass is 35.5. The molecule has 0 aromatic heterocycles. The number of carbonyl (C=O) groups excluding carboxylic acids is 1. The molecule has 0 saturated heterocycles. The molecule has 25 heavy (non-hydrogen) atoms. The molecule has 132 valence electrons. The fourth-order valence-electron chi connectivity index (χ4n) is 2.52. The Morgan fingerprint density at radius 1 is 1.20 bits per heavy atom. The number of hydrogen-bond acceptors (Lipinski definition) is 3. The average molecular weight is 359 g/mol. The maximum absolute atomic E-state index is 11.6. The Bertz CT molecular complexity index is 714. The van der Waals surface area contributed by atoms with Crippen molar-refractivity contribution in [2.75, 3.05) is 6.61 Å². The van der Waals surface area contributed by atoms with E-state index in [-0.39, 0.29) is 18.6 Å². The lowest BCUT2D eigenvalue weighted by Gasteiger charge is -2.15. The predicted molar refractivity (Wildman–Crippen MR) is 99.8 cm³/mol. The second kappa shape index (κ2) is 8.37. The Morgan fingerprint density at radius 3 is 2.60 bits per heavy atom. The van der Waals surface area contributed by atoms with E-state index < -0.39 is 0 Å². The Labute approximate surface area is 153 Å². The van der Waals surface area contributed by atoms with Crippen LogP contribution in [0, 0.1) is 0 Å². The zero-order valence-corrected chi connectivity index (χ0v) is 15.1. The monoisotopic (exact) mass is 358 g/mol. The molecule has 0 bridgehead atoms. The summed E-state index contributed by atoms with van der Waals surface area (Å²) < 4.78 is 5.53. The summed E-state index contributed by atoms with van der Waals surface area (Å²) in [6, 6.07) is 16.2. The molecule has 1 saturated carbocycles. The van der Waals surface area contributed by atoms with Crippen LogP contribution in [0.1, 0.15) is 36.9 Å². The van der Waals surface area contributed by atoms with Gasteiger partial charge in [-0.15, -0.1) is 0 Å².